The van der Waals surface area contributed by atoms with Crippen LogP contribution in [-0.4, -0.2) is 22.2 Å². The molecular weight excluding hydrogens is 280 g/mol. The SMILES string of the molecule is O=C(O)[C@H]1CC[C@](C(=O)O)(c2ccccc2)c2ccccc21. The normalized spacial score (nSPS) is 23.5. The number of carbonyl (C=O) groups is 2. The summed E-state index contributed by atoms with van der Waals surface area (Å²) in [6.45, 7) is 0. The van der Waals surface area contributed by atoms with E-state index in [1.54, 1.807) is 36.4 Å². The molecule has 0 aromatic heterocycles. The molecule has 0 aliphatic heterocycles. The summed E-state index contributed by atoms with van der Waals surface area (Å²) in [7, 11) is 0. The molecule has 0 fully saturated rings. The van der Waals surface area contributed by atoms with Crippen LogP contribution >= 0.6 is 0 Å². The van der Waals surface area contributed by atoms with Crippen LogP contribution in [0.2, 0.25) is 0 Å². The maximum absolute atomic E-state index is 12.2. The molecule has 0 spiro atoms. The Morgan fingerprint density at radius 3 is 2.23 bits per heavy atom. The van der Waals surface area contributed by atoms with Crippen LogP contribution in [0.5, 0.6) is 0 Å². The van der Waals surface area contributed by atoms with E-state index in [0.717, 1.165) is 0 Å². The summed E-state index contributed by atoms with van der Waals surface area (Å²) < 4.78 is 0. The first-order valence-corrected chi connectivity index (χ1v) is 7.18. The Morgan fingerprint density at radius 2 is 1.59 bits per heavy atom. The number of aliphatic carboxylic acids is 2. The lowest BCUT2D eigenvalue weighted by Crippen LogP contribution is -2.42. The third-order valence-corrected chi connectivity index (χ3v) is 4.53. The lowest BCUT2D eigenvalue weighted by atomic mass is 9.63. The van der Waals surface area contributed by atoms with Crippen molar-refractivity contribution in [3.05, 3.63) is 71.3 Å². The van der Waals surface area contributed by atoms with Gasteiger partial charge in [-0.3, -0.25) is 9.59 Å². The zero-order valence-corrected chi connectivity index (χ0v) is 11.9. The highest BCUT2D eigenvalue weighted by atomic mass is 16.4. The summed E-state index contributed by atoms with van der Waals surface area (Å²) in [5, 5.41) is 19.4. The quantitative estimate of drug-likeness (QED) is 0.913. The van der Waals surface area contributed by atoms with E-state index in [0.29, 0.717) is 23.1 Å². The number of benzene rings is 2. The van der Waals surface area contributed by atoms with Gasteiger partial charge in [0.1, 0.15) is 5.41 Å². The van der Waals surface area contributed by atoms with Crippen LogP contribution in [0.1, 0.15) is 35.4 Å². The molecule has 22 heavy (non-hydrogen) atoms. The molecule has 112 valence electrons. The van der Waals surface area contributed by atoms with Crippen molar-refractivity contribution < 1.29 is 19.8 Å². The van der Waals surface area contributed by atoms with Gasteiger partial charge in [0.2, 0.25) is 0 Å². The summed E-state index contributed by atoms with van der Waals surface area (Å²) in [4.78, 5) is 23.7. The van der Waals surface area contributed by atoms with E-state index in [9.17, 15) is 19.8 Å². The van der Waals surface area contributed by atoms with Gasteiger partial charge in [0, 0.05) is 0 Å². The fraction of sp³-hybridized carbons (Fsp3) is 0.222. The maximum atomic E-state index is 12.2. The summed E-state index contributed by atoms with van der Waals surface area (Å²) in [6.07, 6.45) is 0.591. The molecule has 0 amide bonds. The minimum atomic E-state index is -1.18. The van der Waals surface area contributed by atoms with E-state index in [4.69, 9.17) is 0 Å². The molecule has 2 atom stereocenters. The Hall–Kier alpha value is -2.62. The minimum Gasteiger partial charge on any atom is -0.481 e. The van der Waals surface area contributed by atoms with Crippen molar-refractivity contribution in [1.29, 1.82) is 0 Å². The topological polar surface area (TPSA) is 74.6 Å². The number of hydrogen-bond acceptors (Lipinski definition) is 2. The highest BCUT2D eigenvalue weighted by Crippen LogP contribution is 2.47. The van der Waals surface area contributed by atoms with Crippen molar-refractivity contribution in [2.75, 3.05) is 0 Å². The molecule has 4 nitrogen and oxygen atoms in total. The van der Waals surface area contributed by atoms with Gasteiger partial charge in [-0.15, -0.1) is 0 Å². The summed E-state index contributed by atoms with van der Waals surface area (Å²) in [5.41, 5.74) is 0.711. The second-order valence-corrected chi connectivity index (χ2v) is 5.59. The minimum absolute atomic E-state index is 0.278. The molecule has 0 saturated heterocycles. The highest BCUT2D eigenvalue weighted by molar-refractivity contribution is 5.89. The van der Waals surface area contributed by atoms with Gasteiger partial charge in [-0.1, -0.05) is 54.6 Å². The van der Waals surface area contributed by atoms with E-state index < -0.39 is 23.3 Å². The standard InChI is InChI=1S/C18H16O4/c19-16(20)14-10-11-18(17(21)22,12-6-2-1-3-7-12)15-9-5-4-8-13(14)15/h1-9,14H,10-11H2,(H,19,20)(H,21,22)/t14-,18-/m0/s1. The summed E-state index contributed by atoms with van der Waals surface area (Å²) >= 11 is 0. The van der Waals surface area contributed by atoms with Gasteiger partial charge >= 0.3 is 11.9 Å². The molecule has 3 rings (SSSR count). The highest BCUT2D eigenvalue weighted by Gasteiger charge is 2.48. The van der Waals surface area contributed by atoms with Crippen molar-refractivity contribution in [1.82, 2.24) is 0 Å². The van der Waals surface area contributed by atoms with E-state index in [1.807, 2.05) is 18.2 Å². The average Bonchev–Trinajstić information content (AvgIpc) is 2.54. The molecule has 2 N–H and O–H groups in total. The van der Waals surface area contributed by atoms with Crippen LogP contribution in [0, 0.1) is 0 Å². The summed E-state index contributed by atoms with van der Waals surface area (Å²) in [5.74, 6) is -2.48. The second kappa shape index (κ2) is 5.30. The molecule has 0 heterocycles. The molecule has 0 saturated carbocycles. The fourth-order valence-electron chi connectivity index (χ4n) is 3.47. The van der Waals surface area contributed by atoms with Crippen LogP contribution in [0.25, 0.3) is 0 Å². The Kier molecular flexibility index (Phi) is 3.45. The van der Waals surface area contributed by atoms with Crippen LogP contribution < -0.4 is 0 Å². The van der Waals surface area contributed by atoms with Gasteiger partial charge in [0.15, 0.2) is 0 Å². The zero-order valence-electron chi connectivity index (χ0n) is 11.9. The van der Waals surface area contributed by atoms with Gasteiger partial charge < -0.3 is 10.2 Å². The van der Waals surface area contributed by atoms with Crippen molar-refractivity contribution in [3.63, 3.8) is 0 Å². The molecule has 0 radical (unpaired) electrons. The Bertz CT molecular complexity index is 723. The van der Waals surface area contributed by atoms with E-state index in [2.05, 4.69) is 0 Å². The predicted molar refractivity (Wildman–Crippen MR) is 80.9 cm³/mol. The van der Waals surface area contributed by atoms with Crippen LogP contribution in [0.15, 0.2) is 54.6 Å². The largest absolute Gasteiger partial charge is 0.481 e. The first kappa shape index (κ1) is 14.3. The molecule has 2 aromatic rings. The monoisotopic (exact) mass is 296 g/mol. The zero-order chi connectivity index (χ0) is 15.7. The number of fused-ring (bicyclic) bond motifs is 1. The van der Waals surface area contributed by atoms with Gasteiger partial charge in [-0.05, 0) is 29.5 Å². The fourth-order valence-corrected chi connectivity index (χ4v) is 3.47. The molecular formula is C18H16O4. The number of rotatable bonds is 3. The average molecular weight is 296 g/mol. The van der Waals surface area contributed by atoms with Crippen molar-refractivity contribution in [2.24, 2.45) is 0 Å². The Labute approximate surface area is 128 Å². The van der Waals surface area contributed by atoms with Crippen molar-refractivity contribution in [2.45, 2.75) is 24.2 Å². The first-order valence-electron chi connectivity index (χ1n) is 7.18. The van der Waals surface area contributed by atoms with Crippen LogP contribution in [-0.2, 0) is 15.0 Å². The van der Waals surface area contributed by atoms with Gasteiger partial charge in [0.05, 0.1) is 5.92 Å². The van der Waals surface area contributed by atoms with Gasteiger partial charge in [-0.2, -0.15) is 0 Å². The Morgan fingerprint density at radius 1 is 0.955 bits per heavy atom. The molecule has 0 unspecified atom stereocenters. The number of hydrogen-bond donors (Lipinski definition) is 2. The lowest BCUT2D eigenvalue weighted by Gasteiger charge is -2.38. The molecule has 4 heteroatoms. The van der Waals surface area contributed by atoms with Gasteiger partial charge in [0.25, 0.3) is 0 Å². The van der Waals surface area contributed by atoms with E-state index in [-0.39, 0.29) is 6.42 Å². The van der Waals surface area contributed by atoms with Crippen molar-refractivity contribution in [3.8, 4) is 0 Å². The van der Waals surface area contributed by atoms with Gasteiger partial charge in [-0.25, -0.2) is 0 Å². The third kappa shape index (κ3) is 1.99. The smallest absolute Gasteiger partial charge is 0.318 e. The lowest BCUT2D eigenvalue weighted by molar-refractivity contribution is -0.145. The molecule has 1 aliphatic carbocycles. The van der Waals surface area contributed by atoms with Crippen LogP contribution in [0.3, 0.4) is 0 Å². The van der Waals surface area contributed by atoms with E-state index in [1.165, 1.54) is 0 Å². The molecule has 1 aliphatic rings. The number of carboxylic acids is 2. The molecule has 2 aromatic carbocycles. The maximum Gasteiger partial charge on any atom is 0.318 e. The first-order chi connectivity index (χ1) is 10.6. The van der Waals surface area contributed by atoms with Crippen molar-refractivity contribution >= 4 is 11.9 Å². The third-order valence-electron chi connectivity index (χ3n) is 4.53. The predicted octanol–water partition coefficient (Wildman–Crippen LogP) is 3.02. The van der Waals surface area contributed by atoms with E-state index >= 15 is 0 Å². The molecule has 0 bridgehead atoms. The van der Waals surface area contributed by atoms with Crippen LogP contribution in [0.4, 0.5) is 0 Å². The Balaban J connectivity index is 2.27. The number of carboxylic acid groups (broad SMARTS) is 2. The summed E-state index contributed by atoms with van der Waals surface area (Å²) in [6, 6.07) is 16.1. The second-order valence-electron chi connectivity index (χ2n) is 5.59.